The number of halogens is 1. The summed E-state index contributed by atoms with van der Waals surface area (Å²) in [6.07, 6.45) is 1.85. The average Bonchev–Trinajstić information content (AvgIpc) is 2.08. The van der Waals surface area contributed by atoms with E-state index < -0.39 is 0 Å². The zero-order valence-electron chi connectivity index (χ0n) is 8.13. The van der Waals surface area contributed by atoms with Crippen LogP contribution >= 0.6 is 0 Å². The van der Waals surface area contributed by atoms with E-state index in [4.69, 9.17) is 0 Å². The molecule has 0 amide bonds. The van der Waals surface area contributed by atoms with Gasteiger partial charge >= 0.3 is 0 Å². The molecule has 0 saturated carbocycles. The Morgan fingerprint density at radius 1 is 1.54 bits per heavy atom. The Labute approximate surface area is 77.4 Å². The van der Waals surface area contributed by atoms with Gasteiger partial charge in [0.05, 0.1) is 11.9 Å². The molecule has 1 aromatic heterocycles. The van der Waals surface area contributed by atoms with Crippen molar-refractivity contribution < 1.29 is 4.39 Å². The molecule has 0 radical (unpaired) electrons. The number of hydrogen-bond acceptors (Lipinski definition) is 3. The van der Waals surface area contributed by atoms with E-state index in [1.165, 1.54) is 6.20 Å². The minimum Gasteiger partial charge on any atom is -0.357 e. The first-order valence-corrected chi connectivity index (χ1v) is 4.32. The summed E-state index contributed by atoms with van der Waals surface area (Å²) in [5.74, 6) is 0.541. The summed E-state index contributed by atoms with van der Waals surface area (Å²) in [5.41, 5.74) is 0.481. The number of rotatable bonds is 3. The lowest BCUT2D eigenvalue weighted by molar-refractivity contribution is 0.554. The van der Waals surface area contributed by atoms with Crippen molar-refractivity contribution in [3.8, 4) is 0 Å². The third-order valence-electron chi connectivity index (χ3n) is 1.64. The van der Waals surface area contributed by atoms with Crippen molar-refractivity contribution in [3.05, 3.63) is 17.7 Å². The van der Waals surface area contributed by atoms with E-state index in [1.54, 1.807) is 7.05 Å². The highest BCUT2D eigenvalue weighted by Crippen LogP contribution is 2.10. The molecular formula is C9H14FN3. The molecule has 0 unspecified atom stereocenters. The highest BCUT2D eigenvalue weighted by molar-refractivity contribution is 5.24. The van der Waals surface area contributed by atoms with Crippen molar-refractivity contribution in [2.24, 2.45) is 5.92 Å². The third kappa shape index (κ3) is 2.65. The molecular weight excluding hydrogens is 169 g/mol. The van der Waals surface area contributed by atoms with Gasteiger partial charge in [0, 0.05) is 7.05 Å². The Bertz CT molecular complexity index is 286. The van der Waals surface area contributed by atoms with Gasteiger partial charge in [-0.25, -0.2) is 14.4 Å². The molecule has 0 aliphatic rings. The highest BCUT2D eigenvalue weighted by Gasteiger charge is 2.07. The van der Waals surface area contributed by atoms with Gasteiger partial charge < -0.3 is 5.32 Å². The minimum atomic E-state index is -0.326. The second kappa shape index (κ2) is 4.16. The summed E-state index contributed by atoms with van der Waals surface area (Å²) in [7, 11) is 1.71. The minimum absolute atomic E-state index is 0.326. The zero-order valence-corrected chi connectivity index (χ0v) is 8.13. The quantitative estimate of drug-likeness (QED) is 0.777. The molecule has 1 aromatic rings. The van der Waals surface area contributed by atoms with E-state index in [2.05, 4.69) is 15.3 Å². The fourth-order valence-electron chi connectivity index (χ4n) is 1.05. The van der Waals surface area contributed by atoms with Gasteiger partial charge in [-0.15, -0.1) is 0 Å². The van der Waals surface area contributed by atoms with Crippen molar-refractivity contribution in [1.29, 1.82) is 0 Å². The number of nitrogens with zero attached hydrogens (tertiary/aromatic N) is 2. The molecule has 0 aliphatic heterocycles. The first-order chi connectivity index (χ1) is 6.13. The Hall–Kier alpha value is -1.19. The summed E-state index contributed by atoms with van der Waals surface area (Å²) < 4.78 is 13.1. The highest BCUT2D eigenvalue weighted by atomic mass is 19.1. The molecule has 1 N–H and O–H groups in total. The maximum absolute atomic E-state index is 13.1. The van der Waals surface area contributed by atoms with Crippen LogP contribution in [0.5, 0.6) is 0 Å². The van der Waals surface area contributed by atoms with Crippen molar-refractivity contribution in [2.75, 3.05) is 12.4 Å². The van der Waals surface area contributed by atoms with E-state index >= 15 is 0 Å². The SMILES string of the molecule is CNc1ncc(F)c(CC(C)C)n1. The van der Waals surface area contributed by atoms with E-state index in [0.717, 1.165) is 0 Å². The molecule has 0 bridgehead atoms. The lowest BCUT2D eigenvalue weighted by Crippen LogP contribution is -2.05. The summed E-state index contributed by atoms with van der Waals surface area (Å²) in [5, 5.41) is 2.78. The molecule has 4 heteroatoms. The van der Waals surface area contributed by atoms with Crippen LogP contribution < -0.4 is 5.32 Å². The van der Waals surface area contributed by atoms with Crippen LogP contribution in [0.25, 0.3) is 0 Å². The Morgan fingerprint density at radius 2 is 2.23 bits per heavy atom. The number of hydrogen-bond donors (Lipinski definition) is 1. The average molecular weight is 183 g/mol. The molecule has 0 spiro atoms. The summed E-state index contributed by atoms with van der Waals surface area (Å²) in [6.45, 7) is 4.06. The lowest BCUT2D eigenvalue weighted by Gasteiger charge is -2.06. The smallest absolute Gasteiger partial charge is 0.222 e. The van der Waals surface area contributed by atoms with Crippen molar-refractivity contribution in [1.82, 2.24) is 9.97 Å². The lowest BCUT2D eigenvalue weighted by atomic mass is 10.1. The largest absolute Gasteiger partial charge is 0.357 e. The van der Waals surface area contributed by atoms with Crippen LogP contribution in [-0.2, 0) is 6.42 Å². The maximum atomic E-state index is 13.1. The summed E-state index contributed by atoms with van der Waals surface area (Å²) >= 11 is 0. The standard InChI is InChI=1S/C9H14FN3/c1-6(2)4-8-7(10)5-12-9(11-3)13-8/h5-6H,4H2,1-3H3,(H,11,12,13). The van der Waals surface area contributed by atoms with E-state index in [9.17, 15) is 4.39 Å². The van der Waals surface area contributed by atoms with Crippen LogP contribution in [0.1, 0.15) is 19.5 Å². The van der Waals surface area contributed by atoms with Gasteiger partial charge in [0.15, 0.2) is 5.82 Å². The first kappa shape index (κ1) is 9.89. The van der Waals surface area contributed by atoms with Gasteiger partial charge in [-0.05, 0) is 12.3 Å². The monoisotopic (exact) mass is 183 g/mol. The van der Waals surface area contributed by atoms with Gasteiger partial charge in [-0.2, -0.15) is 0 Å². The molecule has 1 heterocycles. The van der Waals surface area contributed by atoms with Crippen LogP contribution in [0, 0.1) is 11.7 Å². The molecule has 0 aliphatic carbocycles. The normalized spacial score (nSPS) is 10.5. The van der Waals surface area contributed by atoms with Gasteiger partial charge in [0.1, 0.15) is 0 Å². The Balaban J connectivity index is 2.90. The molecule has 1 rings (SSSR count). The second-order valence-electron chi connectivity index (χ2n) is 3.34. The predicted octanol–water partition coefficient (Wildman–Crippen LogP) is 1.86. The van der Waals surface area contributed by atoms with Crippen LogP contribution in [0.15, 0.2) is 6.20 Å². The first-order valence-electron chi connectivity index (χ1n) is 4.32. The van der Waals surface area contributed by atoms with E-state index in [1.807, 2.05) is 13.8 Å². The maximum Gasteiger partial charge on any atom is 0.222 e. The molecule has 72 valence electrons. The topological polar surface area (TPSA) is 37.8 Å². The molecule has 3 nitrogen and oxygen atoms in total. The van der Waals surface area contributed by atoms with E-state index in [-0.39, 0.29) is 5.82 Å². The molecule has 0 fully saturated rings. The number of anilines is 1. The van der Waals surface area contributed by atoms with Crippen LogP contribution in [0.4, 0.5) is 10.3 Å². The van der Waals surface area contributed by atoms with Gasteiger partial charge in [0.25, 0.3) is 0 Å². The summed E-state index contributed by atoms with van der Waals surface area (Å²) in [4.78, 5) is 7.80. The van der Waals surface area contributed by atoms with Gasteiger partial charge in [-0.1, -0.05) is 13.8 Å². The molecule has 13 heavy (non-hydrogen) atoms. The van der Waals surface area contributed by atoms with E-state index in [0.29, 0.717) is 24.0 Å². The zero-order chi connectivity index (χ0) is 9.84. The molecule has 0 saturated heterocycles. The van der Waals surface area contributed by atoms with Crippen molar-refractivity contribution in [2.45, 2.75) is 20.3 Å². The van der Waals surface area contributed by atoms with Crippen molar-refractivity contribution in [3.63, 3.8) is 0 Å². The van der Waals surface area contributed by atoms with Crippen LogP contribution in [0.3, 0.4) is 0 Å². The van der Waals surface area contributed by atoms with Gasteiger partial charge in [-0.3, -0.25) is 0 Å². The fourth-order valence-corrected chi connectivity index (χ4v) is 1.05. The fraction of sp³-hybridized carbons (Fsp3) is 0.556. The molecule has 0 atom stereocenters. The van der Waals surface area contributed by atoms with Crippen LogP contribution in [0.2, 0.25) is 0 Å². The van der Waals surface area contributed by atoms with Crippen LogP contribution in [-0.4, -0.2) is 17.0 Å². The van der Waals surface area contributed by atoms with Gasteiger partial charge in [0.2, 0.25) is 5.95 Å². The Morgan fingerprint density at radius 3 is 2.77 bits per heavy atom. The predicted molar refractivity (Wildman–Crippen MR) is 50.1 cm³/mol. The third-order valence-corrected chi connectivity index (χ3v) is 1.64. The number of nitrogens with one attached hydrogen (secondary N) is 1. The number of aromatic nitrogens is 2. The Kier molecular flexibility index (Phi) is 3.17. The summed E-state index contributed by atoms with van der Waals surface area (Å²) in [6, 6.07) is 0. The second-order valence-corrected chi connectivity index (χ2v) is 3.34. The van der Waals surface area contributed by atoms with Crippen molar-refractivity contribution >= 4 is 5.95 Å². The molecule has 0 aromatic carbocycles.